The van der Waals surface area contributed by atoms with Crippen LogP contribution in [0.2, 0.25) is 0 Å². The zero-order valence-electron chi connectivity index (χ0n) is 37.1. The first kappa shape index (κ1) is 56.9. The van der Waals surface area contributed by atoms with Crippen molar-refractivity contribution in [3.05, 3.63) is 122 Å². The molecule has 0 aromatic rings. The van der Waals surface area contributed by atoms with Crippen molar-refractivity contribution >= 4 is 13.8 Å². The molecule has 0 aliphatic heterocycles. The van der Waals surface area contributed by atoms with Gasteiger partial charge >= 0.3 is 13.8 Å². The molecule has 3 N–H and O–H groups in total. The van der Waals surface area contributed by atoms with Crippen LogP contribution in [0.15, 0.2) is 122 Å². The minimum atomic E-state index is -4.55. The Morgan fingerprint density at radius 1 is 0.517 bits per heavy atom. The highest BCUT2D eigenvalue weighted by molar-refractivity contribution is 7.47. The van der Waals surface area contributed by atoms with Gasteiger partial charge in [-0.15, -0.1) is 0 Å². The number of phosphoric ester groups is 1. The molecule has 0 aromatic carbocycles. The number of allylic oxidation sites excluding steroid dienone is 20. The van der Waals surface area contributed by atoms with E-state index in [1.54, 1.807) is 0 Å². The fraction of sp³-hybridized carbons (Fsp3) is 0.580. The minimum Gasteiger partial charge on any atom is -0.457 e. The Bertz CT molecular complexity index is 1340. The largest absolute Gasteiger partial charge is 0.472 e. The molecule has 0 amide bonds. The minimum absolute atomic E-state index is 0.00777. The highest BCUT2D eigenvalue weighted by atomic mass is 31.2. The van der Waals surface area contributed by atoms with Crippen LogP contribution in [-0.2, 0) is 27.9 Å². The SMILES string of the molecule is CC/C=C\C/C=C\C/C=C\C/C=C\C/C=C\C/C=C\C/C=C\CCCC(=O)OC(COCCCCCCCC/C=C\C/C=C\C/C=C\CC)COP(=O)(O)OCC(O)CO. The Hall–Kier alpha value is -3.14. The summed E-state index contributed by atoms with van der Waals surface area (Å²) in [5.74, 6) is -0.451. The van der Waals surface area contributed by atoms with Gasteiger partial charge in [-0.05, 0) is 96.3 Å². The van der Waals surface area contributed by atoms with Crippen molar-refractivity contribution < 1.29 is 43.0 Å². The maximum absolute atomic E-state index is 12.6. The van der Waals surface area contributed by atoms with Crippen LogP contribution in [0.25, 0.3) is 0 Å². The summed E-state index contributed by atoms with van der Waals surface area (Å²) >= 11 is 0. The van der Waals surface area contributed by atoms with E-state index in [1.807, 2.05) is 6.08 Å². The van der Waals surface area contributed by atoms with Gasteiger partial charge in [0, 0.05) is 13.0 Å². The van der Waals surface area contributed by atoms with E-state index in [0.717, 1.165) is 89.9 Å². The summed E-state index contributed by atoms with van der Waals surface area (Å²) in [6, 6.07) is 0. The van der Waals surface area contributed by atoms with E-state index >= 15 is 0 Å². The fourth-order valence-corrected chi connectivity index (χ4v) is 6.09. The summed E-state index contributed by atoms with van der Waals surface area (Å²) in [5.41, 5.74) is 0. The van der Waals surface area contributed by atoms with Crippen molar-refractivity contribution in [2.24, 2.45) is 0 Å². The number of aliphatic hydroxyl groups is 2. The van der Waals surface area contributed by atoms with Crippen LogP contribution in [-0.4, -0.2) is 66.3 Å². The second-order valence-electron chi connectivity index (χ2n) is 14.3. The molecule has 9 nitrogen and oxygen atoms in total. The molecule has 0 radical (unpaired) electrons. The fourth-order valence-electron chi connectivity index (χ4n) is 5.30. The van der Waals surface area contributed by atoms with Crippen LogP contribution in [0, 0.1) is 0 Å². The summed E-state index contributed by atoms with van der Waals surface area (Å²) in [7, 11) is -4.55. The number of hydrogen-bond donors (Lipinski definition) is 3. The van der Waals surface area contributed by atoms with Gasteiger partial charge in [0.25, 0.3) is 0 Å². The molecule has 0 heterocycles. The van der Waals surface area contributed by atoms with Gasteiger partial charge in [-0.25, -0.2) is 4.57 Å². The third-order valence-electron chi connectivity index (χ3n) is 8.64. The number of esters is 1. The molecule has 0 rings (SSSR count). The standard InChI is InChI=1S/C50H81O9P/c1-3-5-7-9-11-13-15-17-19-21-22-23-24-25-26-27-28-30-32-34-36-38-40-42-50(53)59-49(47-58-60(54,55)57-45-48(52)44-51)46-56-43-41-39-37-35-33-31-29-20-18-16-14-12-10-8-6-4-2/h5-8,11-14,17-20,22-23,25-26,28,30,34,36,48-49,51-52H,3-4,9-10,15-16,21,24,27,29,31-33,35,37-47H2,1-2H3,(H,54,55)/b7-5-,8-6-,13-11-,14-12-,19-17-,20-18-,23-22-,26-25-,30-28-,36-34-. The summed E-state index contributed by atoms with van der Waals surface area (Å²) in [5, 5.41) is 18.4. The Morgan fingerprint density at radius 3 is 1.35 bits per heavy atom. The van der Waals surface area contributed by atoms with E-state index in [2.05, 4.69) is 129 Å². The molecule has 10 heteroatoms. The first-order valence-corrected chi connectivity index (χ1v) is 24.0. The first-order valence-electron chi connectivity index (χ1n) is 22.5. The van der Waals surface area contributed by atoms with Crippen LogP contribution in [0.1, 0.15) is 142 Å². The summed E-state index contributed by atoms with van der Waals surface area (Å²) in [6.45, 7) is 3.14. The van der Waals surface area contributed by atoms with E-state index < -0.39 is 45.8 Å². The zero-order valence-corrected chi connectivity index (χ0v) is 38.0. The number of aliphatic hydroxyl groups excluding tert-OH is 2. The molecule has 0 spiro atoms. The molecule has 340 valence electrons. The van der Waals surface area contributed by atoms with Crippen molar-refractivity contribution in [1.29, 1.82) is 0 Å². The van der Waals surface area contributed by atoms with E-state index in [-0.39, 0.29) is 13.0 Å². The molecule has 60 heavy (non-hydrogen) atoms. The van der Waals surface area contributed by atoms with Crippen molar-refractivity contribution in [1.82, 2.24) is 0 Å². The molecule has 3 atom stereocenters. The van der Waals surface area contributed by atoms with Crippen LogP contribution in [0.5, 0.6) is 0 Å². The van der Waals surface area contributed by atoms with Crippen molar-refractivity contribution in [3.8, 4) is 0 Å². The molecule has 0 saturated carbocycles. The second-order valence-corrected chi connectivity index (χ2v) is 15.8. The van der Waals surface area contributed by atoms with Crippen molar-refractivity contribution in [2.75, 3.05) is 33.0 Å². The number of carbonyl (C=O) groups excluding carboxylic acids is 1. The lowest BCUT2D eigenvalue weighted by Crippen LogP contribution is -2.29. The van der Waals surface area contributed by atoms with Crippen molar-refractivity contribution in [3.63, 3.8) is 0 Å². The third kappa shape index (κ3) is 44.4. The van der Waals surface area contributed by atoms with Gasteiger partial charge in [-0.2, -0.15) is 0 Å². The average molecular weight is 857 g/mol. The van der Waals surface area contributed by atoms with Crippen LogP contribution < -0.4 is 0 Å². The monoisotopic (exact) mass is 857 g/mol. The molecule has 0 bridgehead atoms. The molecule has 0 fully saturated rings. The quantitative estimate of drug-likeness (QED) is 0.0238. The lowest BCUT2D eigenvalue weighted by molar-refractivity contribution is -0.154. The van der Waals surface area contributed by atoms with Gasteiger partial charge in [-0.3, -0.25) is 13.8 Å². The number of rotatable bonds is 41. The number of unbranched alkanes of at least 4 members (excludes halogenated alkanes) is 7. The highest BCUT2D eigenvalue weighted by Crippen LogP contribution is 2.43. The Morgan fingerprint density at radius 2 is 0.900 bits per heavy atom. The molecule has 0 saturated heterocycles. The van der Waals surface area contributed by atoms with Gasteiger partial charge in [-0.1, -0.05) is 161 Å². The number of phosphoric acid groups is 1. The summed E-state index contributed by atoms with van der Waals surface area (Å²) < 4.78 is 33.3. The predicted octanol–water partition coefficient (Wildman–Crippen LogP) is 12.8. The number of carbonyl (C=O) groups is 1. The molecule has 0 aliphatic carbocycles. The Labute approximate surface area is 364 Å². The third-order valence-corrected chi connectivity index (χ3v) is 9.59. The lowest BCUT2D eigenvalue weighted by Gasteiger charge is -2.20. The molecule has 3 unspecified atom stereocenters. The van der Waals surface area contributed by atoms with E-state index in [9.17, 15) is 19.4 Å². The predicted molar refractivity (Wildman–Crippen MR) is 251 cm³/mol. The zero-order chi connectivity index (χ0) is 43.9. The Kier molecular flexibility index (Phi) is 43.0. The average Bonchev–Trinajstić information content (AvgIpc) is 3.24. The Balaban J connectivity index is 4.33. The molecular formula is C50H81O9P. The van der Waals surface area contributed by atoms with E-state index in [1.165, 1.54) is 19.3 Å². The second kappa shape index (κ2) is 45.4. The topological polar surface area (TPSA) is 132 Å². The highest BCUT2D eigenvalue weighted by Gasteiger charge is 2.26. The smallest absolute Gasteiger partial charge is 0.457 e. The van der Waals surface area contributed by atoms with Gasteiger partial charge in [0.05, 0.1) is 26.4 Å². The first-order chi connectivity index (χ1) is 29.3. The number of hydrogen-bond acceptors (Lipinski definition) is 8. The van der Waals surface area contributed by atoms with E-state index in [4.69, 9.17) is 23.6 Å². The lowest BCUT2D eigenvalue weighted by atomic mass is 10.1. The summed E-state index contributed by atoms with van der Waals surface area (Å²) in [6.07, 6.45) is 60.2. The van der Waals surface area contributed by atoms with E-state index in [0.29, 0.717) is 19.4 Å². The van der Waals surface area contributed by atoms with Crippen LogP contribution in [0.3, 0.4) is 0 Å². The van der Waals surface area contributed by atoms with Gasteiger partial charge in [0.1, 0.15) is 12.2 Å². The van der Waals surface area contributed by atoms with Crippen molar-refractivity contribution in [2.45, 2.75) is 154 Å². The summed E-state index contributed by atoms with van der Waals surface area (Å²) in [4.78, 5) is 22.6. The molecule has 0 aromatic heterocycles. The number of ether oxygens (including phenoxy) is 2. The van der Waals surface area contributed by atoms with Gasteiger partial charge in [0.15, 0.2) is 0 Å². The van der Waals surface area contributed by atoms with Crippen LogP contribution in [0.4, 0.5) is 0 Å². The normalized spacial score (nSPS) is 15.1. The molecular weight excluding hydrogens is 776 g/mol. The van der Waals surface area contributed by atoms with Gasteiger partial charge in [0.2, 0.25) is 0 Å². The molecule has 0 aliphatic rings. The van der Waals surface area contributed by atoms with Gasteiger partial charge < -0.3 is 24.6 Å². The maximum Gasteiger partial charge on any atom is 0.472 e. The maximum atomic E-state index is 12.6. The van der Waals surface area contributed by atoms with Crippen LogP contribution >= 0.6 is 7.82 Å².